The third-order valence-electron chi connectivity index (χ3n) is 3.88. The van der Waals surface area contributed by atoms with E-state index < -0.39 is 11.9 Å². The Hall–Kier alpha value is -1.56. The van der Waals surface area contributed by atoms with E-state index in [1.807, 2.05) is 0 Å². The second kappa shape index (κ2) is 6.47. The van der Waals surface area contributed by atoms with Crippen molar-refractivity contribution >= 4 is 27.7 Å². The highest BCUT2D eigenvalue weighted by Crippen LogP contribution is 2.39. The molecule has 2 unspecified atom stereocenters. The summed E-state index contributed by atoms with van der Waals surface area (Å²) in [5.74, 6) is -0.585. The summed E-state index contributed by atoms with van der Waals surface area (Å²) in [6.07, 6.45) is 1.52. The number of hydrogen-bond donors (Lipinski definition) is 1. The normalized spacial score (nSPS) is 21.1. The Morgan fingerprint density at radius 1 is 1.19 bits per heavy atom. The zero-order chi connectivity index (χ0) is 15.6. The number of methoxy groups -OCH3 is 2. The van der Waals surface area contributed by atoms with Crippen LogP contribution in [0.5, 0.6) is 11.5 Å². The highest BCUT2D eigenvalue weighted by molar-refractivity contribution is 9.10. The molecule has 1 aliphatic rings. The van der Waals surface area contributed by atoms with Gasteiger partial charge in [-0.15, -0.1) is 0 Å². The number of benzene rings is 1. The molecule has 0 amide bonds. The molecule has 0 heterocycles. The van der Waals surface area contributed by atoms with Gasteiger partial charge in [0.25, 0.3) is 0 Å². The first-order valence-electron chi connectivity index (χ1n) is 6.66. The van der Waals surface area contributed by atoms with Gasteiger partial charge in [0.1, 0.15) is 11.5 Å². The van der Waals surface area contributed by atoms with E-state index in [1.165, 1.54) is 14.2 Å². The summed E-state index contributed by atoms with van der Waals surface area (Å²) in [6.45, 7) is 0. The molecule has 1 saturated carbocycles. The Labute approximate surface area is 131 Å². The molecule has 114 valence electrons. The minimum Gasteiger partial charge on any atom is -0.497 e. The Bertz CT molecular complexity index is 569. The number of ether oxygens (including phenoxy) is 2. The van der Waals surface area contributed by atoms with Gasteiger partial charge in [-0.3, -0.25) is 9.59 Å². The second-order valence-corrected chi connectivity index (χ2v) is 5.95. The molecule has 1 N–H and O–H groups in total. The summed E-state index contributed by atoms with van der Waals surface area (Å²) < 4.78 is 11.0. The third kappa shape index (κ3) is 3.20. The van der Waals surface area contributed by atoms with E-state index in [0.29, 0.717) is 40.8 Å². The number of ketones is 1. The molecule has 0 saturated heterocycles. The number of carboxylic acids is 1. The van der Waals surface area contributed by atoms with Crippen LogP contribution in [0.2, 0.25) is 0 Å². The minimum absolute atomic E-state index is 0.0786. The van der Waals surface area contributed by atoms with Crippen LogP contribution in [0.1, 0.15) is 29.6 Å². The predicted molar refractivity (Wildman–Crippen MR) is 80.0 cm³/mol. The molecular weight excluding hydrogens is 340 g/mol. The molecule has 1 fully saturated rings. The zero-order valence-corrected chi connectivity index (χ0v) is 13.5. The first-order chi connectivity index (χ1) is 9.97. The maximum absolute atomic E-state index is 12.7. The fraction of sp³-hybridized carbons (Fsp3) is 0.467. The molecule has 1 aliphatic carbocycles. The summed E-state index contributed by atoms with van der Waals surface area (Å²) in [5.41, 5.74) is 0.453. The van der Waals surface area contributed by atoms with Crippen LogP contribution in [0.25, 0.3) is 0 Å². The van der Waals surface area contributed by atoms with Gasteiger partial charge in [0.15, 0.2) is 5.78 Å². The van der Waals surface area contributed by atoms with E-state index in [4.69, 9.17) is 14.6 Å². The van der Waals surface area contributed by atoms with Crippen molar-refractivity contribution in [3.8, 4) is 11.5 Å². The lowest BCUT2D eigenvalue weighted by Gasteiger charge is -2.15. The van der Waals surface area contributed by atoms with Crippen molar-refractivity contribution in [1.29, 1.82) is 0 Å². The van der Waals surface area contributed by atoms with Crippen molar-refractivity contribution in [3.05, 3.63) is 22.2 Å². The molecule has 6 heteroatoms. The SMILES string of the molecule is COc1cc(Br)c(C(=O)C2CCC(C(=O)O)C2)c(OC)c1. The fourth-order valence-corrected chi connectivity index (χ4v) is 3.34. The van der Waals surface area contributed by atoms with E-state index >= 15 is 0 Å². The Morgan fingerprint density at radius 3 is 2.38 bits per heavy atom. The largest absolute Gasteiger partial charge is 0.497 e. The van der Waals surface area contributed by atoms with Crippen molar-refractivity contribution in [1.82, 2.24) is 0 Å². The lowest BCUT2D eigenvalue weighted by atomic mass is 9.94. The number of carbonyl (C=O) groups excluding carboxylic acids is 1. The molecule has 1 aromatic carbocycles. The topological polar surface area (TPSA) is 72.8 Å². The Morgan fingerprint density at radius 2 is 1.86 bits per heavy atom. The van der Waals surface area contributed by atoms with Crippen LogP contribution in [-0.2, 0) is 4.79 Å². The highest BCUT2D eigenvalue weighted by Gasteiger charge is 2.36. The third-order valence-corrected chi connectivity index (χ3v) is 4.51. The van der Waals surface area contributed by atoms with Gasteiger partial charge >= 0.3 is 5.97 Å². The number of halogens is 1. The summed E-state index contributed by atoms with van der Waals surface area (Å²) in [6, 6.07) is 3.36. The second-order valence-electron chi connectivity index (χ2n) is 5.10. The van der Waals surface area contributed by atoms with Crippen LogP contribution >= 0.6 is 15.9 Å². The van der Waals surface area contributed by atoms with E-state index in [-0.39, 0.29) is 11.7 Å². The van der Waals surface area contributed by atoms with Gasteiger partial charge in [-0.05, 0) is 41.3 Å². The molecular formula is C15H17BrO5. The number of carbonyl (C=O) groups is 2. The van der Waals surface area contributed by atoms with Crippen molar-refractivity contribution in [3.63, 3.8) is 0 Å². The molecule has 0 aromatic heterocycles. The van der Waals surface area contributed by atoms with Crippen molar-refractivity contribution in [2.45, 2.75) is 19.3 Å². The van der Waals surface area contributed by atoms with Gasteiger partial charge in [-0.25, -0.2) is 0 Å². The van der Waals surface area contributed by atoms with E-state index in [1.54, 1.807) is 12.1 Å². The standard InChI is InChI=1S/C15H17BrO5/c1-20-10-6-11(16)13(12(7-10)21-2)14(17)8-3-4-9(5-8)15(18)19/h6-9H,3-5H2,1-2H3,(H,18,19). The molecule has 0 radical (unpaired) electrons. The van der Waals surface area contributed by atoms with Crippen molar-refractivity contribution in [2.75, 3.05) is 14.2 Å². The van der Waals surface area contributed by atoms with Crippen LogP contribution in [0.15, 0.2) is 16.6 Å². The van der Waals surface area contributed by atoms with E-state index in [0.717, 1.165) is 0 Å². The molecule has 1 aromatic rings. The van der Waals surface area contributed by atoms with E-state index in [9.17, 15) is 9.59 Å². The van der Waals surface area contributed by atoms with Crippen LogP contribution < -0.4 is 9.47 Å². The minimum atomic E-state index is -0.828. The fourth-order valence-electron chi connectivity index (χ4n) is 2.72. The van der Waals surface area contributed by atoms with Crippen LogP contribution in [0.3, 0.4) is 0 Å². The summed E-state index contributed by atoms with van der Waals surface area (Å²) in [5, 5.41) is 9.05. The molecule has 5 nitrogen and oxygen atoms in total. The van der Waals surface area contributed by atoms with Crippen LogP contribution in [0.4, 0.5) is 0 Å². The van der Waals surface area contributed by atoms with Gasteiger partial charge in [0.2, 0.25) is 0 Å². The number of carboxylic acid groups (broad SMARTS) is 1. The molecule has 2 rings (SSSR count). The van der Waals surface area contributed by atoms with Gasteiger partial charge in [0, 0.05) is 16.5 Å². The maximum Gasteiger partial charge on any atom is 0.306 e. The van der Waals surface area contributed by atoms with Gasteiger partial charge in [-0.1, -0.05) is 0 Å². The number of hydrogen-bond acceptors (Lipinski definition) is 4. The van der Waals surface area contributed by atoms with Crippen molar-refractivity contribution < 1.29 is 24.2 Å². The zero-order valence-electron chi connectivity index (χ0n) is 11.9. The quantitative estimate of drug-likeness (QED) is 0.820. The van der Waals surface area contributed by atoms with Gasteiger partial charge < -0.3 is 14.6 Å². The van der Waals surface area contributed by atoms with Gasteiger partial charge in [-0.2, -0.15) is 0 Å². The van der Waals surface area contributed by atoms with Crippen molar-refractivity contribution in [2.24, 2.45) is 11.8 Å². The Kier molecular flexibility index (Phi) is 4.88. The lowest BCUT2D eigenvalue weighted by Crippen LogP contribution is -2.16. The smallest absolute Gasteiger partial charge is 0.306 e. The molecule has 0 spiro atoms. The summed E-state index contributed by atoms with van der Waals surface area (Å²) in [7, 11) is 3.03. The van der Waals surface area contributed by atoms with Crippen LogP contribution in [-0.4, -0.2) is 31.1 Å². The monoisotopic (exact) mass is 356 g/mol. The summed E-state index contributed by atoms with van der Waals surface area (Å²) in [4.78, 5) is 23.7. The highest BCUT2D eigenvalue weighted by atomic mass is 79.9. The summed E-state index contributed by atoms with van der Waals surface area (Å²) >= 11 is 3.37. The molecule has 21 heavy (non-hydrogen) atoms. The first-order valence-corrected chi connectivity index (χ1v) is 7.45. The average molecular weight is 357 g/mol. The molecule has 0 aliphatic heterocycles. The maximum atomic E-state index is 12.7. The number of Topliss-reactive ketones (excluding diaryl/α,β-unsaturated/α-hetero) is 1. The van der Waals surface area contributed by atoms with Gasteiger partial charge in [0.05, 0.1) is 25.7 Å². The predicted octanol–water partition coefficient (Wildman–Crippen LogP) is 3.15. The lowest BCUT2D eigenvalue weighted by molar-refractivity contribution is -0.141. The average Bonchev–Trinajstić information content (AvgIpc) is 2.95. The Balaban J connectivity index is 2.29. The van der Waals surface area contributed by atoms with E-state index in [2.05, 4.69) is 15.9 Å². The molecule has 0 bridgehead atoms. The molecule has 2 atom stereocenters. The number of rotatable bonds is 5. The first kappa shape index (κ1) is 15.8. The number of aliphatic carboxylic acids is 1. The van der Waals surface area contributed by atoms with Crippen LogP contribution in [0, 0.1) is 11.8 Å².